The minimum absolute atomic E-state index is 0.207. The van der Waals surface area contributed by atoms with Crippen molar-refractivity contribution in [2.45, 2.75) is 0 Å². The number of para-hydroxylation sites is 3. The first-order valence-corrected chi connectivity index (χ1v) is 9.97. The van der Waals surface area contributed by atoms with Crippen LogP contribution in [0.15, 0.2) is 79.0 Å². The van der Waals surface area contributed by atoms with E-state index in [4.69, 9.17) is 9.47 Å². The molecule has 0 spiro atoms. The Balaban J connectivity index is 1.33. The molecule has 31 heavy (non-hydrogen) atoms. The zero-order valence-corrected chi connectivity index (χ0v) is 17.5. The summed E-state index contributed by atoms with van der Waals surface area (Å²) >= 11 is 0. The molecular formula is C24H24N4O3. The maximum absolute atomic E-state index is 12.5. The van der Waals surface area contributed by atoms with Gasteiger partial charge in [-0.15, -0.1) is 0 Å². The van der Waals surface area contributed by atoms with Crippen LogP contribution >= 0.6 is 0 Å². The van der Waals surface area contributed by atoms with Gasteiger partial charge in [0.25, 0.3) is 0 Å². The van der Waals surface area contributed by atoms with Crippen molar-refractivity contribution in [2.24, 2.45) is 0 Å². The maximum Gasteiger partial charge on any atom is 0.321 e. The second kappa shape index (κ2) is 9.21. The lowest BCUT2D eigenvalue weighted by atomic mass is 10.2. The summed E-state index contributed by atoms with van der Waals surface area (Å²) in [6, 6.07) is 22.8. The van der Waals surface area contributed by atoms with E-state index in [1.165, 1.54) is 0 Å². The number of amides is 2. The molecule has 7 nitrogen and oxygen atoms in total. The van der Waals surface area contributed by atoms with Gasteiger partial charge >= 0.3 is 6.03 Å². The minimum Gasteiger partial charge on any atom is -0.493 e. The smallest absolute Gasteiger partial charge is 0.321 e. The molecule has 0 unspecified atom stereocenters. The van der Waals surface area contributed by atoms with Gasteiger partial charge in [-0.1, -0.05) is 30.3 Å². The highest BCUT2D eigenvalue weighted by Gasteiger charge is 2.11. The van der Waals surface area contributed by atoms with E-state index >= 15 is 0 Å². The molecule has 0 saturated heterocycles. The summed E-state index contributed by atoms with van der Waals surface area (Å²) in [5, 5.41) is 8.43. The van der Waals surface area contributed by atoms with E-state index in [1.807, 2.05) is 83.7 Å². The molecular weight excluding hydrogens is 392 g/mol. The van der Waals surface area contributed by atoms with Crippen molar-refractivity contribution in [3.8, 4) is 17.2 Å². The molecule has 1 heterocycles. The van der Waals surface area contributed by atoms with Crippen molar-refractivity contribution in [1.29, 1.82) is 0 Å². The molecule has 0 fully saturated rings. The van der Waals surface area contributed by atoms with Gasteiger partial charge in [-0.05, 0) is 42.5 Å². The number of anilines is 1. The molecule has 0 bridgehead atoms. The van der Waals surface area contributed by atoms with Crippen molar-refractivity contribution < 1.29 is 14.3 Å². The van der Waals surface area contributed by atoms with E-state index in [9.17, 15) is 4.79 Å². The summed E-state index contributed by atoms with van der Waals surface area (Å²) < 4.78 is 12.9. The molecule has 0 aliphatic rings. The molecule has 158 valence electrons. The summed E-state index contributed by atoms with van der Waals surface area (Å²) in [5.74, 6) is 1.32. The molecule has 0 atom stereocenters. The molecule has 4 rings (SSSR count). The normalized spacial score (nSPS) is 10.6. The number of fused-ring (bicyclic) bond motifs is 1. The second-order valence-electron chi connectivity index (χ2n) is 7.01. The molecule has 2 amide bonds. The monoisotopic (exact) mass is 416 g/mol. The number of nitrogens with zero attached hydrogens (tertiary/aromatic N) is 3. The number of rotatable bonds is 7. The van der Waals surface area contributed by atoms with Gasteiger partial charge in [-0.25, -0.2) is 9.48 Å². The summed E-state index contributed by atoms with van der Waals surface area (Å²) in [6.07, 6.45) is 1.84. The number of hydrogen-bond acceptors (Lipinski definition) is 4. The number of likely N-dealkylation sites (N-methyl/N-ethyl adjacent to an activating group) is 1. The summed E-state index contributed by atoms with van der Waals surface area (Å²) in [5.41, 5.74) is 2.68. The Morgan fingerprint density at radius 1 is 1.00 bits per heavy atom. The summed E-state index contributed by atoms with van der Waals surface area (Å²) in [4.78, 5) is 14.1. The van der Waals surface area contributed by atoms with Gasteiger partial charge in [0, 0.05) is 18.1 Å². The number of aromatic nitrogens is 2. The van der Waals surface area contributed by atoms with Crippen LogP contribution in [0.25, 0.3) is 16.6 Å². The van der Waals surface area contributed by atoms with Gasteiger partial charge in [0.05, 0.1) is 31.1 Å². The lowest BCUT2D eigenvalue weighted by molar-refractivity contribution is 0.206. The van der Waals surface area contributed by atoms with Crippen LogP contribution < -0.4 is 14.8 Å². The third-order valence-electron chi connectivity index (χ3n) is 4.94. The van der Waals surface area contributed by atoms with Gasteiger partial charge in [0.15, 0.2) is 11.5 Å². The Morgan fingerprint density at radius 2 is 1.71 bits per heavy atom. The Morgan fingerprint density at radius 3 is 2.48 bits per heavy atom. The molecule has 7 heteroatoms. The fourth-order valence-corrected chi connectivity index (χ4v) is 3.21. The molecule has 1 aromatic heterocycles. The predicted molar refractivity (Wildman–Crippen MR) is 121 cm³/mol. The summed E-state index contributed by atoms with van der Waals surface area (Å²) in [7, 11) is 3.33. The number of ether oxygens (including phenoxy) is 2. The Kier molecular flexibility index (Phi) is 6.03. The SMILES string of the molecule is COc1ccccc1OCCN(C)C(=O)Nc1ccc(-n2ncc3ccccc32)cc1. The number of benzene rings is 3. The number of carbonyl (C=O) groups excluding carboxylic acids is 1. The van der Waals surface area contributed by atoms with E-state index in [1.54, 1.807) is 19.1 Å². The fraction of sp³-hybridized carbons (Fsp3) is 0.167. The van der Waals surface area contributed by atoms with E-state index in [0.717, 1.165) is 16.6 Å². The topological polar surface area (TPSA) is 68.6 Å². The Bertz CT molecular complexity index is 1170. The third-order valence-corrected chi connectivity index (χ3v) is 4.94. The van der Waals surface area contributed by atoms with Crippen LogP contribution in [0.4, 0.5) is 10.5 Å². The molecule has 3 aromatic carbocycles. The average molecular weight is 416 g/mol. The van der Waals surface area contributed by atoms with Crippen molar-refractivity contribution in [3.63, 3.8) is 0 Å². The number of urea groups is 1. The predicted octanol–water partition coefficient (Wildman–Crippen LogP) is 4.58. The molecule has 0 aliphatic heterocycles. The first-order chi connectivity index (χ1) is 15.2. The van der Waals surface area contributed by atoms with Crippen molar-refractivity contribution in [1.82, 2.24) is 14.7 Å². The third kappa shape index (κ3) is 4.61. The highest BCUT2D eigenvalue weighted by atomic mass is 16.5. The highest BCUT2D eigenvalue weighted by molar-refractivity contribution is 5.89. The van der Waals surface area contributed by atoms with Gasteiger partial charge in [0.2, 0.25) is 0 Å². The average Bonchev–Trinajstić information content (AvgIpc) is 3.24. The first-order valence-electron chi connectivity index (χ1n) is 9.97. The molecule has 1 N–H and O–H groups in total. The lowest BCUT2D eigenvalue weighted by Crippen LogP contribution is -2.34. The van der Waals surface area contributed by atoms with Crippen LogP contribution in [-0.2, 0) is 0 Å². The van der Waals surface area contributed by atoms with Gasteiger partial charge in [0.1, 0.15) is 6.61 Å². The zero-order chi connectivity index (χ0) is 21.6. The Labute approximate surface area is 180 Å². The Hall–Kier alpha value is -4.00. The molecule has 0 radical (unpaired) electrons. The zero-order valence-electron chi connectivity index (χ0n) is 17.5. The quantitative estimate of drug-likeness (QED) is 0.479. The molecule has 4 aromatic rings. The molecule has 0 aliphatic carbocycles. The van der Waals surface area contributed by atoms with Gasteiger partial charge < -0.3 is 19.7 Å². The van der Waals surface area contributed by atoms with Crippen LogP contribution in [0, 0.1) is 0 Å². The van der Waals surface area contributed by atoms with Gasteiger partial charge in [-0.2, -0.15) is 5.10 Å². The fourth-order valence-electron chi connectivity index (χ4n) is 3.21. The second-order valence-corrected chi connectivity index (χ2v) is 7.01. The van der Waals surface area contributed by atoms with E-state index < -0.39 is 0 Å². The van der Waals surface area contributed by atoms with Crippen molar-refractivity contribution >= 4 is 22.6 Å². The number of carbonyl (C=O) groups is 1. The van der Waals surface area contributed by atoms with Gasteiger partial charge in [-0.3, -0.25) is 0 Å². The van der Waals surface area contributed by atoms with Crippen molar-refractivity contribution in [2.75, 3.05) is 32.6 Å². The number of hydrogen-bond donors (Lipinski definition) is 1. The van der Waals surface area contributed by atoms with Crippen LogP contribution in [-0.4, -0.2) is 48.0 Å². The first kappa shape index (κ1) is 20.3. The van der Waals surface area contributed by atoms with Crippen molar-refractivity contribution in [3.05, 3.63) is 79.0 Å². The summed E-state index contributed by atoms with van der Waals surface area (Å²) in [6.45, 7) is 0.789. The maximum atomic E-state index is 12.5. The largest absolute Gasteiger partial charge is 0.493 e. The van der Waals surface area contributed by atoms with Crippen LogP contribution in [0.1, 0.15) is 0 Å². The minimum atomic E-state index is -0.207. The lowest BCUT2D eigenvalue weighted by Gasteiger charge is -2.19. The van der Waals surface area contributed by atoms with E-state index in [2.05, 4.69) is 10.4 Å². The van der Waals surface area contributed by atoms with E-state index in [-0.39, 0.29) is 6.03 Å². The van der Waals surface area contributed by atoms with E-state index in [0.29, 0.717) is 30.3 Å². The van der Waals surface area contributed by atoms with Crippen LogP contribution in [0.5, 0.6) is 11.5 Å². The van der Waals surface area contributed by atoms with Crippen LogP contribution in [0.3, 0.4) is 0 Å². The number of nitrogens with one attached hydrogen (secondary N) is 1. The van der Waals surface area contributed by atoms with Crippen LogP contribution in [0.2, 0.25) is 0 Å². The molecule has 0 saturated carbocycles. The highest BCUT2D eigenvalue weighted by Crippen LogP contribution is 2.25. The standard InChI is InChI=1S/C24H24N4O3/c1-27(15-16-31-23-10-6-5-9-22(23)30-2)24(29)26-19-11-13-20(14-12-19)28-21-8-4-3-7-18(21)17-25-28/h3-14,17H,15-16H2,1-2H3,(H,26,29). The number of methoxy groups -OCH3 is 1.